The van der Waals surface area contributed by atoms with Gasteiger partial charge in [0.05, 0.1) is 25.3 Å². The molecule has 0 aliphatic rings. The third-order valence-electron chi connectivity index (χ3n) is 3.92. The van der Waals surface area contributed by atoms with Crippen LogP contribution in [-0.2, 0) is 9.53 Å². The first-order valence-electron chi connectivity index (χ1n) is 8.05. The van der Waals surface area contributed by atoms with Gasteiger partial charge in [-0.3, -0.25) is 9.59 Å². The fraction of sp³-hybridized carbons (Fsp3) is 0.158. The van der Waals surface area contributed by atoms with E-state index < -0.39 is 6.04 Å². The van der Waals surface area contributed by atoms with Crippen molar-refractivity contribution < 1.29 is 14.3 Å². The molecular formula is C19H18N4O3. The Morgan fingerprint density at radius 1 is 1.12 bits per heavy atom. The summed E-state index contributed by atoms with van der Waals surface area (Å²) in [5.74, 6) is -0.659. The summed E-state index contributed by atoms with van der Waals surface area (Å²) in [6.45, 7) is 0. The van der Waals surface area contributed by atoms with E-state index in [0.29, 0.717) is 5.56 Å². The third-order valence-corrected chi connectivity index (χ3v) is 3.92. The van der Waals surface area contributed by atoms with Crippen molar-refractivity contribution in [3.8, 4) is 5.69 Å². The van der Waals surface area contributed by atoms with Crippen molar-refractivity contribution in [3.63, 3.8) is 0 Å². The maximum atomic E-state index is 12.6. The van der Waals surface area contributed by atoms with Crippen molar-refractivity contribution in [1.29, 1.82) is 0 Å². The lowest BCUT2D eigenvalue weighted by Gasteiger charge is -2.18. The highest BCUT2D eigenvalue weighted by atomic mass is 16.5. The molecule has 0 spiro atoms. The van der Waals surface area contributed by atoms with Crippen LogP contribution in [0, 0.1) is 0 Å². The number of esters is 1. The van der Waals surface area contributed by atoms with Gasteiger partial charge in [-0.15, -0.1) is 0 Å². The molecule has 1 N–H and O–H groups in total. The summed E-state index contributed by atoms with van der Waals surface area (Å²) >= 11 is 0. The number of nitrogens with one attached hydrogen (secondary N) is 1. The molecule has 1 amide bonds. The summed E-state index contributed by atoms with van der Waals surface area (Å²) in [5, 5.41) is 6.94. The Morgan fingerprint density at radius 3 is 2.46 bits per heavy atom. The first-order valence-corrected chi connectivity index (χ1v) is 8.05. The van der Waals surface area contributed by atoms with E-state index in [-0.39, 0.29) is 18.3 Å². The number of rotatable bonds is 6. The third kappa shape index (κ3) is 4.13. The monoisotopic (exact) mass is 350 g/mol. The van der Waals surface area contributed by atoms with Gasteiger partial charge in [-0.05, 0) is 29.8 Å². The molecule has 0 radical (unpaired) electrons. The van der Waals surface area contributed by atoms with E-state index in [0.717, 1.165) is 11.3 Å². The molecule has 0 saturated heterocycles. The number of methoxy groups -OCH3 is 1. The Kier molecular flexibility index (Phi) is 5.38. The van der Waals surface area contributed by atoms with Gasteiger partial charge in [0, 0.05) is 5.56 Å². The van der Waals surface area contributed by atoms with Crippen LogP contribution in [0.4, 0.5) is 0 Å². The largest absolute Gasteiger partial charge is 0.469 e. The second-order valence-corrected chi connectivity index (χ2v) is 5.60. The average Bonchev–Trinajstić information content (AvgIpc) is 3.23. The number of carbonyl (C=O) groups is 2. The van der Waals surface area contributed by atoms with Crippen molar-refractivity contribution in [2.45, 2.75) is 12.5 Å². The normalized spacial score (nSPS) is 11.6. The van der Waals surface area contributed by atoms with Gasteiger partial charge >= 0.3 is 5.97 Å². The zero-order valence-corrected chi connectivity index (χ0v) is 14.2. The molecule has 0 saturated carbocycles. The topological polar surface area (TPSA) is 86.1 Å². The van der Waals surface area contributed by atoms with Crippen molar-refractivity contribution in [1.82, 2.24) is 20.1 Å². The molecule has 0 fully saturated rings. The molecule has 7 nitrogen and oxygen atoms in total. The van der Waals surface area contributed by atoms with E-state index in [1.165, 1.54) is 13.4 Å². The van der Waals surface area contributed by atoms with Crippen molar-refractivity contribution in [2.24, 2.45) is 0 Å². The van der Waals surface area contributed by atoms with E-state index in [9.17, 15) is 9.59 Å². The summed E-state index contributed by atoms with van der Waals surface area (Å²) in [7, 11) is 1.33. The number of carbonyl (C=O) groups excluding carboxylic acids is 2. The summed E-state index contributed by atoms with van der Waals surface area (Å²) in [5.41, 5.74) is 2.12. The number of amides is 1. The molecule has 1 aromatic heterocycles. The molecular weight excluding hydrogens is 332 g/mol. The lowest BCUT2D eigenvalue weighted by Crippen LogP contribution is -2.30. The predicted molar refractivity (Wildman–Crippen MR) is 94.6 cm³/mol. The molecule has 0 unspecified atom stereocenters. The van der Waals surface area contributed by atoms with E-state index in [1.54, 1.807) is 35.3 Å². The SMILES string of the molecule is COC(=O)C[C@H](NC(=O)c1ccc(-n2cncn2)cc1)c1ccccc1. The minimum Gasteiger partial charge on any atom is -0.469 e. The molecule has 3 rings (SSSR count). The minimum atomic E-state index is -0.467. The van der Waals surface area contributed by atoms with Gasteiger partial charge in [0.1, 0.15) is 12.7 Å². The van der Waals surface area contributed by atoms with Crippen LogP contribution in [0.15, 0.2) is 67.3 Å². The molecule has 132 valence electrons. The van der Waals surface area contributed by atoms with Crippen LogP contribution < -0.4 is 5.32 Å². The zero-order valence-electron chi connectivity index (χ0n) is 14.2. The van der Waals surface area contributed by atoms with Crippen LogP contribution in [0.5, 0.6) is 0 Å². The summed E-state index contributed by atoms with van der Waals surface area (Å²) in [6.07, 6.45) is 3.08. The van der Waals surface area contributed by atoms with Crippen LogP contribution in [0.2, 0.25) is 0 Å². The van der Waals surface area contributed by atoms with E-state index in [2.05, 4.69) is 15.4 Å². The minimum absolute atomic E-state index is 0.0588. The molecule has 1 atom stereocenters. The van der Waals surface area contributed by atoms with Gasteiger partial charge in [-0.1, -0.05) is 30.3 Å². The number of benzene rings is 2. The molecule has 1 heterocycles. The van der Waals surface area contributed by atoms with Gasteiger partial charge in [0.25, 0.3) is 5.91 Å². The van der Waals surface area contributed by atoms with Crippen LogP contribution in [0.25, 0.3) is 5.69 Å². The Morgan fingerprint density at radius 2 is 1.85 bits per heavy atom. The number of hydrogen-bond acceptors (Lipinski definition) is 5. The van der Waals surface area contributed by atoms with Crippen molar-refractivity contribution in [3.05, 3.63) is 78.4 Å². The van der Waals surface area contributed by atoms with E-state index in [1.807, 2.05) is 30.3 Å². The standard InChI is InChI=1S/C19H18N4O3/c1-26-18(24)11-17(14-5-3-2-4-6-14)22-19(25)15-7-9-16(10-8-15)23-13-20-12-21-23/h2-10,12-13,17H,11H2,1H3,(H,22,25)/t17-/m0/s1. The number of nitrogens with zero attached hydrogens (tertiary/aromatic N) is 3. The number of aromatic nitrogens is 3. The molecule has 0 aliphatic heterocycles. The van der Waals surface area contributed by atoms with Gasteiger partial charge in [-0.25, -0.2) is 9.67 Å². The zero-order chi connectivity index (χ0) is 18.4. The highest BCUT2D eigenvalue weighted by molar-refractivity contribution is 5.94. The lowest BCUT2D eigenvalue weighted by atomic mass is 10.0. The Labute approximate surface area is 150 Å². The summed E-state index contributed by atoms with van der Waals surface area (Å²) in [6, 6.07) is 15.8. The average molecular weight is 350 g/mol. The Bertz CT molecular complexity index is 862. The highest BCUT2D eigenvalue weighted by Gasteiger charge is 2.19. The number of ether oxygens (including phenoxy) is 1. The molecule has 26 heavy (non-hydrogen) atoms. The predicted octanol–water partition coefficient (Wildman–Crippen LogP) is 2.30. The molecule has 7 heteroatoms. The second-order valence-electron chi connectivity index (χ2n) is 5.60. The molecule has 0 aliphatic carbocycles. The van der Waals surface area contributed by atoms with Gasteiger partial charge < -0.3 is 10.1 Å². The Balaban J connectivity index is 1.75. The Hall–Kier alpha value is -3.48. The molecule has 0 bridgehead atoms. The van der Waals surface area contributed by atoms with E-state index >= 15 is 0 Å². The molecule has 2 aromatic carbocycles. The summed E-state index contributed by atoms with van der Waals surface area (Å²) in [4.78, 5) is 28.2. The van der Waals surface area contributed by atoms with Crippen LogP contribution >= 0.6 is 0 Å². The van der Waals surface area contributed by atoms with Crippen molar-refractivity contribution in [2.75, 3.05) is 7.11 Å². The fourth-order valence-electron chi connectivity index (χ4n) is 2.54. The van der Waals surface area contributed by atoms with Crippen LogP contribution in [-0.4, -0.2) is 33.8 Å². The van der Waals surface area contributed by atoms with Crippen LogP contribution in [0.1, 0.15) is 28.4 Å². The van der Waals surface area contributed by atoms with Gasteiger partial charge in [0.2, 0.25) is 0 Å². The molecule has 3 aromatic rings. The van der Waals surface area contributed by atoms with E-state index in [4.69, 9.17) is 4.74 Å². The van der Waals surface area contributed by atoms with Gasteiger partial charge in [0.15, 0.2) is 0 Å². The maximum absolute atomic E-state index is 12.6. The number of hydrogen-bond donors (Lipinski definition) is 1. The first kappa shape index (κ1) is 17.3. The highest BCUT2D eigenvalue weighted by Crippen LogP contribution is 2.18. The lowest BCUT2D eigenvalue weighted by molar-refractivity contribution is -0.141. The smallest absolute Gasteiger partial charge is 0.307 e. The van der Waals surface area contributed by atoms with Crippen LogP contribution in [0.3, 0.4) is 0 Å². The summed E-state index contributed by atoms with van der Waals surface area (Å²) < 4.78 is 6.34. The van der Waals surface area contributed by atoms with Gasteiger partial charge in [-0.2, -0.15) is 5.10 Å². The first-order chi connectivity index (χ1) is 12.7. The fourth-order valence-corrected chi connectivity index (χ4v) is 2.54. The van der Waals surface area contributed by atoms with Crippen molar-refractivity contribution >= 4 is 11.9 Å². The quantitative estimate of drug-likeness (QED) is 0.690. The maximum Gasteiger partial charge on any atom is 0.307 e. The second kappa shape index (κ2) is 8.06.